The maximum absolute atomic E-state index is 13.7. The van der Waals surface area contributed by atoms with Crippen molar-refractivity contribution in [1.29, 1.82) is 0 Å². The Labute approximate surface area is 112 Å². The third-order valence-corrected chi connectivity index (χ3v) is 4.10. The topological polar surface area (TPSA) is 24.9 Å². The minimum atomic E-state index is -1.45. The number of nitrogens with zero attached hydrogens (tertiary/aromatic N) is 1. The summed E-state index contributed by atoms with van der Waals surface area (Å²) in [5, 5.41) is 5.50. The van der Waals surface area contributed by atoms with Crippen molar-refractivity contribution < 1.29 is 13.2 Å². The first kappa shape index (κ1) is 12.6. The summed E-state index contributed by atoms with van der Waals surface area (Å²) in [6.07, 6.45) is 2.07. The second-order valence-electron chi connectivity index (χ2n) is 4.45. The number of halogens is 3. The summed E-state index contributed by atoms with van der Waals surface area (Å²) in [5.41, 5.74) is 0.842. The Morgan fingerprint density at radius 2 is 2.05 bits per heavy atom. The summed E-state index contributed by atoms with van der Waals surface area (Å²) in [5.74, 6) is -3.82. The fraction of sp³-hybridized carbons (Fsp3) is 0.308. The van der Waals surface area contributed by atoms with E-state index in [9.17, 15) is 13.2 Å². The fourth-order valence-electron chi connectivity index (χ4n) is 2.20. The zero-order valence-corrected chi connectivity index (χ0v) is 10.7. The maximum Gasteiger partial charge on any atom is 0.195 e. The Hall–Kier alpha value is -1.40. The molecule has 1 saturated heterocycles. The van der Waals surface area contributed by atoms with Gasteiger partial charge in [-0.25, -0.2) is 18.2 Å². The van der Waals surface area contributed by atoms with Gasteiger partial charge in [0.05, 0.1) is 11.7 Å². The summed E-state index contributed by atoms with van der Waals surface area (Å²) in [6.45, 7) is 0.942. The summed E-state index contributed by atoms with van der Waals surface area (Å²) in [7, 11) is 0. The lowest BCUT2D eigenvalue weighted by molar-refractivity contribution is 0.449. The van der Waals surface area contributed by atoms with Crippen LogP contribution in [0, 0.1) is 17.5 Å². The molecule has 1 aromatic carbocycles. The molecular formula is C13H11F3N2S. The van der Waals surface area contributed by atoms with E-state index in [-0.39, 0.29) is 11.6 Å². The molecule has 3 rings (SSSR count). The third-order valence-electron chi connectivity index (χ3n) is 3.20. The zero-order valence-electron chi connectivity index (χ0n) is 9.92. The molecule has 0 radical (unpaired) electrons. The normalized spacial score (nSPS) is 19.0. The van der Waals surface area contributed by atoms with Crippen molar-refractivity contribution in [1.82, 2.24) is 10.3 Å². The van der Waals surface area contributed by atoms with Crippen molar-refractivity contribution in [3.05, 3.63) is 40.7 Å². The molecule has 0 bridgehead atoms. The molecule has 6 heteroatoms. The van der Waals surface area contributed by atoms with Gasteiger partial charge in [0.15, 0.2) is 17.5 Å². The summed E-state index contributed by atoms with van der Waals surface area (Å²) in [6, 6.07) is 2.32. The molecule has 2 nitrogen and oxygen atoms in total. The van der Waals surface area contributed by atoms with Crippen molar-refractivity contribution >= 4 is 11.3 Å². The van der Waals surface area contributed by atoms with Gasteiger partial charge in [0.2, 0.25) is 0 Å². The van der Waals surface area contributed by atoms with Crippen LogP contribution in [0.4, 0.5) is 13.2 Å². The molecule has 2 aromatic rings. The smallest absolute Gasteiger partial charge is 0.195 e. The van der Waals surface area contributed by atoms with Crippen LogP contribution in [0.5, 0.6) is 0 Å². The van der Waals surface area contributed by atoms with E-state index in [2.05, 4.69) is 10.3 Å². The van der Waals surface area contributed by atoms with E-state index < -0.39 is 17.5 Å². The first-order valence-corrected chi connectivity index (χ1v) is 6.87. The minimum Gasteiger partial charge on any atom is -0.309 e. The fourth-order valence-corrected chi connectivity index (χ4v) is 3.09. The number of aromatic nitrogens is 1. The van der Waals surface area contributed by atoms with Crippen molar-refractivity contribution in [2.75, 3.05) is 6.54 Å². The lowest BCUT2D eigenvalue weighted by Gasteiger charge is -2.05. The highest BCUT2D eigenvalue weighted by Gasteiger charge is 2.21. The molecule has 100 valence electrons. The van der Waals surface area contributed by atoms with Gasteiger partial charge in [-0.05, 0) is 31.5 Å². The zero-order chi connectivity index (χ0) is 13.4. The molecule has 0 amide bonds. The van der Waals surface area contributed by atoms with Crippen molar-refractivity contribution in [2.24, 2.45) is 0 Å². The predicted octanol–water partition coefficient (Wildman–Crippen LogP) is 3.65. The van der Waals surface area contributed by atoms with Crippen molar-refractivity contribution in [2.45, 2.75) is 18.9 Å². The number of hydrogen-bond donors (Lipinski definition) is 1. The summed E-state index contributed by atoms with van der Waals surface area (Å²) >= 11 is 1.24. The molecular weight excluding hydrogens is 273 g/mol. The molecule has 1 N–H and O–H groups in total. The van der Waals surface area contributed by atoms with Crippen LogP contribution in [-0.2, 0) is 0 Å². The van der Waals surface area contributed by atoms with Gasteiger partial charge >= 0.3 is 0 Å². The molecule has 2 heterocycles. The maximum atomic E-state index is 13.7. The second kappa shape index (κ2) is 4.94. The number of nitrogens with one attached hydrogen (secondary N) is 1. The Morgan fingerprint density at radius 1 is 1.21 bits per heavy atom. The highest BCUT2D eigenvalue weighted by atomic mass is 32.1. The van der Waals surface area contributed by atoms with Gasteiger partial charge in [0, 0.05) is 10.9 Å². The molecule has 1 aliphatic rings. The molecule has 0 saturated carbocycles. The lowest BCUT2D eigenvalue weighted by atomic mass is 10.2. The SMILES string of the molecule is Fc1ccc(-c2nc(C3CCCN3)cs2)c(F)c1F. The van der Waals surface area contributed by atoms with Gasteiger partial charge in [-0.15, -0.1) is 11.3 Å². The Bertz CT molecular complexity index is 606. The van der Waals surface area contributed by atoms with Crippen LogP contribution in [0.15, 0.2) is 17.5 Å². The second-order valence-corrected chi connectivity index (χ2v) is 5.31. The van der Waals surface area contributed by atoms with Gasteiger partial charge in [-0.2, -0.15) is 0 Å². The first-order chi connectivity index (χ1) is 9.16. The van der Waals surface area contributed by atoms with Crippen LogP contribution in [0.1, 0.15) is 24.6 Å². The number of rotatable bonds is 2. The number of thiazole rings is 1. The highest BCUT2D eigenvalue weighted by Crippen LogP contribution is 2.32. The van der Waals surface area contributed by atoms with Gasteiger partial charge in [0.25, 0.3) is 0 Å². The van der Waals surface area contributed by atoms with Gasteiger partial charge < -0.3 is 5.32 Å². The molecule has 1 fully saturated rings. The first-order valence-electron chi connectivity index (χ1n) is 5.99. The van der Waals surface area contributed by atoms with Gasteiger partial charge in [-0.3, -0.25) is 0 Å². The minimum absolute atomic E-state index is 0.00754. The van der Waals surface area contributed by atoms with E-state index in [4.69, 9.17) is 0 Å². The monoisotopic (exact) mass is 284 g/mol. The van der Waals surface area contributed by atoms with E-state index in [1.807, 2.05) is 5.38 Å². The molecule has 0 spiro atoms. The number of benzene rings is 1. The van der Waals surface area contributed by atoms with Gasteiger partial charge in [-0.1, -0.05) is 0 Å². The van der Waals surface area contributed by atoms with Crippen LogP contribution in [0.3, 0.4) is 0 Å². The van der Waals surface area contributed by atoms with E-state index in [1.54, 1.807) is 0 Å². The standard InChI is InChI=1S/C13H11F3N2S/c14-8-4-3-7(11(15)12(8)16)13-18-10(6-19-13)9-2-1-5-17-9/h3-4,6,9,17H,1-2,5H2. The summed E-state index contributed by atoms with van der Waals surface area (Å²) in [4.78, 5) is 4.32. The van der Waals surface area contributed by atoms with Crippen LogP contribution in [0.2, 0.25) is 0 Å². The lowest BCUT2D eigenvalue weighted by Crippen LogP contribution is -2.12. The highest BCUT2D eigenvalue weighted by molar-refractivity contribution is 7.13. The van der Waals surface area contributed by atoms with Crippen molar-refractivity contribution in [3.63, 3.8) is 0 Å². The average molecular weight is 284 g/mol. The quantitative estimate of drug-likeness (QED) is 0.851. The Balaban J connectivity index is 1.96. The molecule has 1 unspecified atom stereocenters. The van der Waals surface area contributed by atoms with Gasteiger partial charge in [0.1, 0.15) is 5.01 Å². The van der Waals surface area contributed by atoms with Crippen LogP contribution in [-0.4, -0.2) is 11.5 Å². The largest absolute Gasteiger partial charge is 0.309 e. The summed E-state index contributed by atoms with van der Waals surface area (Å²) < 4.78 is 39.8. The van der Waals surface area contributed by atoms with E-state index in [0.717, 1.165) is 31.1 Å². The molecule has 1 atom stereocenters. The number of hydrogen-bond acceptors (Lipinski definition) is 3. The van der Waals surface area contributed by atoms with Crippen molar-refractivity contribution in [3.8, 4) is 10.6 Å². The third kappa shape index (κ3) is 2.26. The van der Waals surface area contributed by atoms with Crippen LogP contribution in [0.25, 0.3) is 10.6 Å². The predicted molar refractivity (Wildman–Crippen MR) is 67.4 cm³/mol. The van der Waals surface area contributed by atoms with E-state index in [1.165, 1.54) is 17.4 Å². The molecule has 19 heavy (non-hydrogen) atoms. The average Bonchev–Trinajstić information content (AvgIpc) is 3.06. The molecule has 1 aromatic heterocycles. The van der Waals surface area contributed by atoms with Crippen LogP contribution < -0.4 is 5.32 Å². The van der Waals surface area contributed by atoms with E-state index >= 15 is 0 Å². The molecule has 1 aliphatic heterocycles. The van der Waals surface area contributed by atoms with E-state index in [0.29, 0.717) is 5.01 Å². The molecule has 0 aliphatic carbocycles. The van der Waals surface area contributed by atoms with Crippen LogP contribution >= 0.6 is 11.3 Å². The Kier molecular flexibility index (Phi) is 3.28. The Morgan fingerprint density at radius 3 is 2.79 bits per heavy atom.